The van der Waals surface area contributed by atoms with Gasteiger partial charge in [-0.1, -0.05) is 0 Å². The third-order valence-corrected chi connectivity index (χ3v) is 1.66. The monoisotopic (exact) mass is 132 g/mol. The van der Waals surface area contributed by atoms with E-state index >= 15 is 0 Å². The Morgan fingerprint density at radius 2 is 1.80 bits per heavy atom. The smallest absolute Gasteiger partial charge is 0.0690 e. The van der Waals surface area contributed by atoms with Crippen LogP contribution in [0.3, 0.4) is 0 Å². The molecule has 1 aliphatic carbocycles. The zero-order valence-electron chi connectivity index (χ0n) is 6.26. The molecule has 0 N–H and O–H groups in total. The van der Waals surface area contributed by atoms with Crippen molar-refractivity contribution >= 4 is 0 Å². The van der Waals surface area contributed by atoms with Crippen molar-refractivity contribution in [2.24, 2.45) is 5.41 Å². The van der Waals surface area contributed by atoms with E-state index in [2.05, 4.69) is 6.07 Å². The molecular formula is C9H10N. The predicted octanol–water partition coefficient (Wildman–Crippen LogP) is 1.94. The van der Waals surface area contributed by atoms with Gasteiger partial charge in [0.1, 0.15) is 0 Å². The highest BCUT2D eigenvalue weighted by Gasteiger charge is 2.32. The molecule has 1 rings (SSSR count). The molecule has 1 heteroatoms. The highest BCUT2D eigenvalue weighted by Crippen LogP contribution is 2.38. The molecule has 0 heterocycles. The SMILES string of the molecule is CC(C)(C#N)[C]1[CH][CH][CH][CH]1. The molecular weight excluding hydrogens is 122 g/mol. The predicted molar refractivity (Wildman–Crippen MR) is 39.8 cm³/mol. The minimum absolute atomic E-state index is 0.330. The summed E-state index contributed by atoms with van der Waals surface area (Å²) in [6, 6.07) is 2.24. The van der Waals surface area contributed by atoms with Gasteiger partial charge in [0.05, 0.1) is 11.5 Å². The van der Waals surface area contributed by atoms with Crippen LogP contribution in [0.5, 0.6) is 0 Å². The highest BCUT2D eigenvalue weighted by atomic mass is 14.4. The van der Waals surface area contributed by atoms with E-state index in [1.807, 2.05) is 39.5 Å². The van der Waals surface area contributed by atoms with Gasteiger partial charge in [-0.15, -0.1) is 0 Å². The lowest BCUT2D eigenvalue weighted by atomic mass is 9.79. The summed E-state index contributed by atoms with van der Waals surface area (Å²) >= 11 is 0. The average molecular weight is 132 g/mol. The van der Waals surface area contributed by atoms with Crippen LogP contribution in [-0.4, -0.2) is 0 Å². The van der Waals surface area contributed by atoms with Crippen LogP contribution >= 0.6 is 0 Å². The lowest BCUT2D eigenvalue weighted by Crippen LogP contribution is -2.17. The lowest BCUT2D eigenvalue weighted by molar-refractivity contribution is 0.549. The molecule has 0 spiro atoms. The standard InChI is InChI=1S/C9H10N/c1-9(2,7-10)8-5-3-4-6-8/h3-6H,1-2H3. The molecule has 0 bridgehead atoms. The molecule has 0 aromatic rings. The van der Waals surface area contributed by atoms with Gasteiger partial charge < -0.3 is 0 Å². The zero-order chi connectivity index (χ0) is 7.61. The summed E-state index contributed by atoms with van der Waals surface area (Å²) in [6.45, 7) is 3.84. The van der Waals surface area contributed by atoms with E-state index in [0.29, 0.717) is 0 Å². The van der Waals surface area contributed by atoms with Crippen LogP contribution in [-0.2, 0) is 0 Å². The first kappa shape index (κ1) is 7.60. The van der Waals surface area contributed by atoms with Gasteiger partial charge in [0.15, 0.2) is 0 Å². The van der Waals surface area contributed by atoms with Crippen molar-refractivity contribution in [3.05, 3.63) is 31.6 Å². The summed E-state index contributed by atoms with van der Waals surface area (Å²) in [7, 11) is 0. The summed E-state index contributed by atoms with van der Waals surface area (Å²) in [5.41, 5.74) is -0.330. The molecule has 0 atom stereocenters. The van der Waals surface area contributed by atoms with Gasteiger partial charge in [-0.05, 0) is 39.5 Å². The van der Waals surface area contributed by atoms with E-state index in [0.717, 1.165) is 5.92 Å². The summed E-state index contributed by atoms with van der Waals surface area (Å²) < 4.78 is 0. The first-order valence-corrected chi connectivity index (χ1v) is 3.30. The van der Waals surface area contributed by atoms with Crippen molar-refractivity contribution in [3.63, 3.8) is 0 Å². The third-order valence-electron chi connectivity index (χ3n) is 1.66. The van der Waals surface area contributed by atoms with Crippen molar-refractivity contribution in [1.29, 1.82) is 5.26 Å². The molecule has 0 aliphatic heterocycles. The fourth-order valence-electron chi connectivity index (χ4n) is 0.855. The summed E-state index contributed by atoms with van der Waals surface area (Å²) in [5.74, 6) is 1.09. The van der Waals surface area contributed by atoms with Gasteiger partial charge in [-0.2, -0.15) is 5.26 Å². The van der Waals surface area contributed by atoms with E-state index < -0.39 is 0 Å². The van der Waals surface area contributed by atoms with Gasteiger partial charge in [-0.25, -0.2) is 0 Å². The van der Waals surface area contributed by atoms with Crippen LogP contribution in [0.4, 0.5) is 0 Å². The van der Waals surface area contributed by atoms with Crippen LogP contribution in [0.1, 0.15) is 13.8 Å². The Morgan fingerprint density at radius 1 is 1.30 bits per heavy atom. The van der Waals surface area contributed by atoms with E-state index in [9.17, 15) is 0 Å². The Kier molecular flexibility index (Phi) is 1.99. The Bertz CT molecular complexity index is 147. The minimum atomic E-state index is -0.330. The molecule has 0 unspecified atom stereocenters. The summed E-state index contributed by atoms with van der Waals surface area (Å²) in [6.07, 6.45) is 7.86. The molecule has 0 saturated heterocycles. The molecule has 0 aromatic carbocycles. The highest BCUT2D eigenvalue weighted by molar-refractivity contribution is 5.41. The van der Waals surface area contributed by atoms with E-state index in [1.165, 1.54) is 0 Å². The van der Waals surface area contributed by atoms with Crippen molar-refractivity contribution in [2.45, 2.75) is 13.8 Å². The quantitative estimate of drug-likeness (QED) is 0.535. The second kappa shape index (κ2) is 2.62. The lowest BCUT2D eigenvalue weighted by Gasteiger charge is -2.21. The number of hydrogen-bond donors (Lipinski definition) is 0. The fraction of sp³-hybridized carbons (Fsp3) is 0.333. The van der Waals surface area contributed by atoms with Crippen molar-refractivity contribution < 1.29 is 0 Å². The molecule has 0 aromatic heterocycles. The van der Waals surface area contributed by atoms with Crippen LogP contribution in [0, 0.1) is 48.3 Å². The fourth-order valence-corrected chi connectivity index (χ4v) is 0.855. The van der Waals surface area contributed by atoms with E-state index in [4.69, 9.17) is 5.26 Å². The summed E-state index contributed by atoms with van der Waals surface area (Å²) in [4.78, 5) is 0. The van der Waals surface area contributed by atoms with Crippen LogP contribution in [0.25, 0.3) is 0 Å². The van der Waals surface area contributed by atoms with Gasteiger partial charge in [0.25, 0.3) is 0 Å². The molecule has 1 aliphatic rings. The summed E-state index contributed by atoms with van der Waals surface area (Å²) in [5, 5.41) is 8.72. The van der Waals surface area contributed by atoms with Crippen LogP contribution in [0.2, 0.25) is 0 Å². The Balaban J connectivity index is 2.56. The van der Waals surface area contributed by atoms with Crippen molar-refractivity contribution in [3.8, 4) is 6.07 Å². The molecule has 51 valence electrons. The Labute approximate surface area is 63.0 Å². The van der Waals surface area contributed by atoms with Crippen molar-refractivity contribution in [1.82, 2.24) is 0 Å². The normalized spacial score (nSPS) is 20.9. The second-order valence-corrected chi connectivity index (χ2v) is 2.91. The Morgan fingerprint density at radius 3 is 2.20 bits per heavy atom. The number of rotatable bonds is 1. The van der Waals surface area contributed by atoms with Gasteiger partial charge in [0, 0.05) is 5.92 Å². The van der Waals surface area contributed by atoms with Gasteiger partial charge in [0.2, 0.25) is 0 Å². The maximum atomic E-state index is 8.72. The first-order valence-electron chi connectivity index (χ1n) is 3.30. The zero-order valence-corrected chi connectivity index (χ0v) is 6.26. The van der Waals surface area contributed by atoms with E-state index in [-0.39, 0.29) is 5.41 Å². The number of hydrogen-bond acceptors (Lipinski definition) is 1. The molecule has 1 fully saturated rings. The van der Waals surface area contributed by atoms with Gasteiger partial charge >= 0.3 is 0 Å². The number of nitriles is 1. The number of nitrogens with zero attached hydrogens (tertiary/aromatic N) is 1. The molecule has 0 amide bonds. The topological polar surface area (TPSA) is 23.8 Å². The first-order chi connectivity index (χ1) is 4.67. The minimum Gasteiger partial charge on any atom is -0.198 e. The molecule has 1 nitrogen and oxygen atoms in total. The third kappa shape index (κ3) is 1.31. The molecule has 5 radical (unpaired) electrons. The second-order valence-electron chi connectivity index (χ2n) is 2.91. The van der Waals surface area contributed by atoms with Gasteiger partial charge in [-0.3, -0.25) is 0 Å². The molecule has 1 saturated carbocycles. The average Bonchev–Trinajstić information content (AvgIpc) is 2.38. The molecule has 10 heavy (non-hydrogen) atoms. The van der Waals surface area contributed by atoms with Crippen LogP contribution < -0.4 is 0 Å². The maximum Gasteiger partial charge on any atom is 0.0690 e. The van der Waals surface area contributed by atoms with Crippen molar-refractivity contribution in [2.75, 3.05) is 0 Å². The van der Waals surface area contributed by atoms with E-state index in [1.54, 1.807) is 0 Å². The van der Waals surface area contributed by atoms with Crippen LogP contribution in [0.15, 0.2) is 0 Å². The Hall–Kier alpha value is -0.510. The maximum absolute atomic E-state index is 8.72. The largest absolute Gasteiger partial charge is 0.198 e.